The van der Waals surface area contributed by atoms with Crippen LogP contribution in [0, 0.1) is 23.0 Å². The van der Waals surface area contributed by atoms with Gasteiger partial charge in [-0.25, -0.2) is 28.7 Å². The zero-order chi connectivity index (χ0) is 32.8. The molecule has 5 heterocycles. The fourth-order valence-electron chi connectivity index (χ4n) is 4.99. The van der Waals surface area contributed by atoms with E-state index in [1.54, 1.807) is 30.6 Å². The summed E-state index contributed by atoms with van der Waals surface area (Å²) in [4.78, 5) is 25.4. The number of para-hydroxylation sites is 2. The van der Waals surface area contributed by atoms with Crippen molar-refractivity contribution < 1.29 is 8.78 Å². The van der Waals surface area contributed by atoms with Gasteiger partial charge in [0.05, 0.1) is 29.3 Å². The van der Waals surface area contributed by atoms with Crippen LogP contribution in [-0.2, 0) is 13.1 Å². The molecule has 7 rings (SSSR count). The molecule has 0 fully saturated rings. The number of hydrogen-bond acceptors (Lipinski definition) is 10. The molecule has 0 aliphatic rings. The number of nitrogens with one attached hydrogen (secondary N) is 1. The van der Waals surface area contributed by atoms with Crippen molar-refractivity contribution in [2.24, 2.45) is 5.73 Å². The van der Waals surface area contributed by atoms with Crippen LogP contribution < -0.4 is 16.8 Å². The van der Waals surface area contributed by atoms with E-state index in [1.807, 2.05) is 60.7 Å². The summed E-state index contributed by atoms with van der Waals surface area (Å²) in [6.07, 6.45) is 4.66. The van der Waals surface area contributed by atoms with E-state index in [1.165, 1.54) is 18.5 Å². The Kier molecular flexibility index (Phi) is 8.90. The second kappa shape index (κ2) is 13.7. The summed E-state index contributed by atoms with van der Waals surface area (Å²) in [6.45, 7) is 0.442. The zero-order valence-corrected chi connectivity index (χ0v) is 24.8. The highest BCUT2D eigenvalue weighted by molar-refractivity contribution is 5.86. The van der Waals surface area contributed by atoms with Crippen LogP contribution >= 0.6 is 0 Å². The topological polar surface area (TPSA) is 165 Å². The van der Waals surface area contributed by atoms with Crippen LogP contribution in [-0.4, -0.2) is 29.9 Å². The van der Waals surface area contributed by atoms with E-state index in [0.29, 0.717) is 28.0 Å². The molecule has 5 aromatic heterocycles. The molecule has 0 aliphatic heterocycles. The van der Waals surface area contributed by atoms with E-state index < -0.39 is 5.82 Å². The molecule has 0 atom stereocenters. The Hall–Kier alpha value is -6.45. The molecule has 0 bridgehead atoms. The SMILES string of the molecule is N#Cc1c(N)ncnc1NCc1nc2c(F)cccc2cc1-c1ccccn1.NCc1nc2c(F)cccc2cc1-c1ccccn1. The zero-order valence-electron chi connectivity index (χ0n) is 24.8. The highest BCUT2D eigenvalue weighted by atomic mass is 19.1. The van der Waals surface area contributed by atoms with Crippen molar-refractivity contribution in [2.75, 3.05) is 11.1 Å². The molecule has 0 spiro atoms. The number of anilines is 2. The summed E-state index contributed by atoms with van der Waals surface area (Å²) in [6, 6.07) is 26.6. The van der Waals surface area contributed by atoms with Gasteiger partial charge in [-0.05, 0) is 48.5 Å². The van der Waals surface area contributed by atoms with Crippen LogP contribution in [0.2, 0.25) is 0 Å². The maximum absolute atomic E-state index is 14.3. The van der Waals surface area contributed by atoms with Gasteiger partial charge in [-0.2, -0.15) is 5.26 Å². The molecule has 0 saturated carbocycles. The number of nitrogens with two attached hydrogens (primary N) is 2. The van der Waals surface area contributed by atoms with E-state index in [4.69, 9.17) is 11.5 Å². The summed E-state index contributed by atoms with van der Waals surface area (Å²) in [5, 5.41) is 13.8. The second-order valence-corrected chi connectivity index (χ2v) is 10.2. The molecule has 0 aliphatic carbocycles. The molecule has 2 aromatic carbocycles. The summed E-state index contributed by atoms with van der Waals surface area (Å²) >= 11 is 0. The Morgan fingerprint density at radius 3 is 1.81 bits per heavy atom. The summed E-state index contributed by atoms with van der Waals surface area (Å²) in [5.41, 5.74) is 16.5. The Bertz CT molecular complexity index is 2240. The van der Waals surface area contributed by atoms with Gasteiger partial charge >= 0.3 is 0 Å². The molecular formula is C35H26F2N10. The Labute approximate surface area is 267 Å². The number of nitrogen functional groups attached to an aromatic ring is 1. The first-order valence-corrected chi connectivity index (χ1v) is 14.4. The molecule has 10 nitrogen and oxygen atoms in total. The number of nitriles is 1. The van der Waals surface area contributed by atoms with Gasteiger partial charge in [0.2, 0.25) is 0 Å². The first kappa shape index (κ1) is 30.6. The maximum Gasteiger partial charge on any atom is 0.149 e. The molecule has 0 unspecified atom stereocenters. The molecule has 12 heteroatoms. The number of pyridine rings is 4. The van der Waals surface area contributed by atoms with Gasteiger partial charge in [0.15, 0.2) is 0 Å². The predicted octanol–water partition coefficient (Wildman–Crippen LogP) is 6.19. The third kappa shape index (κ3) is 6.51. The lowest BCUT2D eigenvalue weighted by molar-refractivity contribution is 0.636. The number of nitrogens with zero attached hydrogens (tertiary/aromatic N) is 7. The highest BCUT2D eigenvalue weighted by Crippen LogP contribution is 2.28. The Morgan fingerprint density at radius 1 is 0.702 bits per heavy atom. The van der Waals surface area contributed by atoms with Crippen LogP contribution in [0.5, 0.6) is 0 Å². The van der Waals surface area contributed by atoms with Gasteiger partial charge in [0.25, 0.3) is 0 Å². The van der Waals surface area contributed by atoms with Crippen molar-refractivity contribution in [3.8, 4) is 28.6 Å². The number of rotatable bonds is 6. The first-order chi connectivity index (χ1) is 23.0. The fourth-order valence-corrected chi connectivity index (χ4v) is 4.99. The molecule has 0 saturated heterocycles. The lowest BCUT2D eigenvalue weighted by Gasteiger charge is -2.13. The fraction of sp³-hybridized carbons (Fsp3) is 0.0571. The minimum Gasteiger partial charge on any atom is -0.382 e. The van der Waals surface area contributed by atoms with E-state index in [-0.39, 0.29) is 41.6 Å². The number of benzene rings is 2. The van der Waals surface area contributed by atoms with Crippen molar-refractivity contribution in [3.63, 3.8) is 0 Å². The first-order valence-electron chi connectivity index (χ1n) is 14.4. The Balaban J connectivity index is 0.000000177. The maximum atomic E-state index is 14.3. The number of hydrogen-bond donors (Lipinski definition) is 3. The van der Waals surface area contributed by atoms with Gasteiger partial charge < -0.3 is 16.8 Å². The Morgan fingerprint density at radius 2 is 1.28 bits per heavy atom. The lowest BCUT2D eigenvalue weighted by atomic mass is 10.1. The smallest absolute Gasteiger partial charge is 0.149 e. The van der Waals surface area contributed by atoms with Crippen molar-refractivity contribution in [2.45, 2.75) is 13.1 Å². The van der Waals surface area contributed by atoms with Gasteiger partial charge in [-0.15, -0.1) is 0 Å². The quantitative estimate of drug-likeness (QED) is 0.194. The van der Waals surface area contributed by atoms with Gasteiger partial charge in [-0.1, -0.05) is 36.4 Å². The summed E-state index contributed by atoms with van der Waals surface area (Å²) in [7, 11) is 0. The highest BCUT2D eigenvalue weighted by Gasteiger charge is 2.15. The van der Waals surface area contributed by atoms with E-state index in [0.717, 1.165) is 22.2 Å². The van der Waals surface area contributed by atoms with Gasteiger partial charge in [0.1, 0.15) is 52.3 Å². The van der Waals surface area contributed by atoms with Crippen LogP contribution in [0.4, 0.5) is 20.4 Å². The lowest BCUT2D eigenvalue weighted by Crippen LogP contribution is -2.09. The summed E-state index contributed by atoms with van der Waals surface area (Å²) in [5.74, 6) is -0.366. The van der Waals surface area contributed by atoms with Crippen molar-refractivity contribution in [1.82, 2.24) is 29.9 Å². The minimum absolute atomic E-state index is 0.0856. The van der Waals surface area contributed by atoms with E-state index in [9.17, 15) is 14.0 Å². The van der Waals surface area contributed by atoms with E-state index in [2.05, 4.69) is 35.2 Å². The summed E-state index contributed by atoms with van der Waals surface area (Å²) < 4.78 is 28.0. The predicted molar refractivity (Wildman–Crippen MR) is 176 cm³/mol. The van der Waals surface area contributed by atoms with Crippen LogP contribution in [0.15, 0.2) is 104 Å². The standard InChI is InChI=1S/C20H14FN7.C15H12FN3/c21-15-5-3-4-12-8-13(16-6-1-2-7-24-16)17(28-18(12)15)10-25-20-14(9-22)19(23)26-11-27-20;16-12-5-3-4-10-8-11(13-6-1-2-7-18-13)14(9-17)19-15(10)12/h1-8,11H,10H2,(H3,23,25,26,27);1-8H,9,17H2. The third-order valence-electron chi connectivity index (χ3n) is 7.24. The molecule has 230 valence electrons. The molecule has 47 heavy (non-hydrogen) atoms. The number of fused-ring (bicyclic) bond motifs is 2. The van der Waals surface area contributed by atoms with Crippen molar-refractivity contribution >= 4 is 33.4 Å². The molecule has 0 radical (unpaired) electrons. The monoisotopic (exact) mass is 624 g/mol. The van der Waals surface area contributed by atoms with Crippen molar-refractivity contribution in [1.29, 1.82) is 5.26 Å². The van der Waals surface area contributed by atoms with Gasteiger partial charge in [-0.3, -0.25) is 9.97 Å². The van der Waals surface area contributed by atoms with Crippen LogP contribution in [0.1, 0.15) is 17.0 Å². The van der Waals surface area contributed by atoms with Crippen molar-refractivity contribution in [3.05, 3.63) is 132 Å². The molecular weight excluding hydrogens is 598 g/mol. The average molecular weight is 625 g/mol. The van der Waals surface area contributed by atoms with Gasteiger partial charge in [0, 0.05) is 40.8 Å². The van der Waals surface area contributed by atoms with Crippen LogP contribution in [0.3, 0.4) is 0 Å². The third-order valence-corrected chi connectivity index (χ3v) is 7.24. The number of aromatic nitrogens is 6. The molecule has 5 N–H and O–H groups in total. The minimum atomic E-state index is -0.407. The molecule has 0 amide bonds. The van der Waals surface area contributed by atoms with E-state index >= 15 is 0 Å². The number of halogens is 2. The average Bonchev–Trinajstić information content (AvgIpc) is 3.11. The second-order valence-electron chi connectivity index (χ2n) is 10.2. The largest absolute Gasteiger partial charge is 0.382 e. The normalized spacial score (nSPS) is 10.7. The van der Waals surface area contributed by atoms with Crippen LogP contribution in [0.25, 0.3) is 44.3 Å². The molecule has 7 aromatic rings.